The van der Waals surface area contributed by atoms with E-state index in [0.29, 0.717) is 42.5 Å². The highest BCUT2D eigenvalue weighted by Crippen LogP contribution is 2.39. The summed E-state index contributed by atoms with van der Waals surface area (Å²) in [6.45, 7) is 4.79. The number of anilines is 2. The minimum absolute atomic E-state index is 0.356. The summed E-state index contributed by atoms with van der Waals surface area (Å²) >= 11 is 0. The molecule has 1 aliphatic heterocycles. The highest BCUT2D eigenvalue weighted by Gasteiger charge is 2.21. The molecule has 340 valence electrons. The number of amidine groups is 2. The fourth-order valence-corrected chi connectivity index (χ4v) is 9.06. The molecule has 0 bridgehead atoms. The number of hydrogen-bond acceptors (Lipinski definition) is 5. The van der Waals surface area contributed by atoms with Gasteiger partial charge in [0.05, 0.1) is 11.0 Å². The summed E-state index contributed by atoms with van der Waals surface area (Å²) in [4.78, 5) is 31.9. The summed E-state index contributed by atoms with van der Waals surface area (Å²) in [6.07, 6.45) is 17.3. The lowest BCUT2D eigenvalue weighted by Gasteiger charge is -2.25. The lowest BCUT2D eigenvalue weighted by Crippen LogP contribution is -2.22. The van der Waals surface area contributed by atoms with E-state index in [1.165, 1.54) is 5.56 Å². The van der Waals surface area contributed by atoms with E-state index in [1.54, 1.807) is 0 Å². The number of allylic oxidation sites excluding steroid dienone is 3. The summed E-state index contributed by atoms with van der Waals surface area (Å²) in [6, 6.07) is 71.0. The van der Waals surface area contributed by atoms with Gasteiger partial charge < -0.3 is 9.47 Å². The molecule has 0 unspecified atom stereocenters. The van der Waals surface area contributed by atoms with Crippen LogP contribution in [-0.2, 0) is 13.1 Å². The molecule has 2 aromatic heterocycles. The molecular formula is C63H48N8. The van der Waals surface area contributed by atoms with Crippen LogP contribution in [0.5, 0.6) is 0 Å². The molecular weight excluding hydrogens is 869 g/mol. The molecule has 8 aromatic carbocycles. The number of para-hydroxylation sites is 1. The Hall–Kier alpha value is -9.58. The average molecular weight is 917 g/mol. The van der Waals surface area contributed by atoms with Gasteiger partial charge in [-0.1, -0.05) is 200 Å². The summed E-state index contributed by atoms with van der Waals surface area (Å²) in [5.41, 5.74) is 12.6. The molecule has 0 spiro atoms. The van der Waals surface area contributed by atoms with Crippen LogP contribution in [0.2, 0.25) is 0 Å². The molecule has 8 heteroatoms. The number of hydrogen-bond donors (Lipinski definition) is 0. The molecule has 11 rings (SSSR count). The lowest BCUT2D eigenvalue weighted by atomic mass is 9.92. The second kappa shape index (κ2) is 21.2. The molecule has 0 aliphatic carbocycles. The Balaban J connectivity index is 0.00000287. The largest absolute Gasteiger partial charge is 0.320 e. The van der Waals surface area contributed by atoms with Gasteiger partial charge in [-0.3, -0.25) is 0 Å². The van der Waals surface area contributed by atoms with Crippen LogP contribution < -0.4 is 4.90 Å². The Morgan fingerprint density at radius 2 is 1.04 bits per heavy atom. The van der Waals surface area contributed by atoms with Crippen molar-refractivity contribution in [1.29, 1.82) is 0 Å². The number of nitrogens with zero attached hydrogens (tertiary/aromatic N) is 8. The molecule has 71 heavy (non-hydrogen) atoms. The summed E-state index contributed by atoms with van der Waals surface area (Å²) in [5.74, 6) is 2.96. The van der Waals surface area contributed by atoms with E-state index in [-0.39, 0.29) is 0 Å². The van der Waals surface area contributed by atoms with Crippen LogP contribution in [0.1, 0.15) is 16.7 Å². The van der Waals surface area contributed by atoms with Gasteiger partial charge in [0, 0.05) is 45.3 Å². The molecule has 0 N–H and O–H groups in total. The Bertz CT molecular complexity index is 3590. The van der Waals surface area contributed by atoms with Crippen LogP contribution >= 0.6 is 0 Å². The minimum Gasteiger partial charge on any atom is -0.320 e. The molecule has 10 aromatic rings. The Morgan fingerprint density at radius 1 is 0.507 bits per heavy atom. The molecule has 1 aliphatic rings. The zero-order valence-electron chi connectivity index (χ0n) is 39.0. The first-order valence-electron chi connectivity index (χ1n) is 23.4. The minimum atomic E-state index is 0.356. The van der Waals surface area contributed by atoms with Crippen molar-refractivity contribution in [3.05, 3.63) is 247 Å². The van der Waals surface area contributed by atoms with Crippen molar-refractivity contribution in [3.63, 3.8) is 0 Å². The van der Waals surface area contributed by atoms with Crippen molar-refractivity contribution in [3.8, 4) is 57.9 Å². The number of terminal acetylenes is 1. The topological polar surface area (TPSA) is 83.9 Å². The van der Waals surface area contributed by atoms with Crippen molar-refractivity contribution in [2.75, 3.05) is 11.4 Å². The van der Waals surface area contributed by atoms with Crippen LogP contribution in [0.4, 0.5) is 11.6 Å². The van der Waals surface area contributed by atoms with Crippen molar-refractivity contribution >= 4 is 51.8 Å². The lowest BCUT2D eigenvalue weighted by molar-refractivity contribution is 0.791. The monoisotopic (exact) mass is 916 g/mol. The second-order valence-electron chi connectivity index (χ2n) is 16.7. The summed E-state index contributed by atoms with van der Waals surface area (Å²) in [7, 11) is 0. The molecule has 0 atom stereocenters. The predicted octanol–water partition coefficient (Wildman–Crippen LogP) is 14.3. The van der Waals surface area contributed by atoms with Crippen LogP contribution in [-0.4, -0.2) is 44.5 Å². The number of benzene rings is 8. The van der Waals surface area contributed by atoms with Crippen molar-refractivity contribution in [1.82, 2.24) is 19.5 Å². The molecule has 0 saturated heterocycles. The highest BCUT2D eigenvalue weighted by atomic mass is 15.3. The van der Waals surface area contributed by atoms with Crippen molar-refractivity contribution < 1.29 is 0 Å². The van der Waals surface area contributed by atoms with Crippen molar-refractivity contribution in [2.24, 2.45) is 15.0 Å². The maximum atomic E-state index is 5.18. The van der Waals surface area contributed by atoms with Crippen LogP contribution in [0.3, 0.4) is 0 Å². The maximum Gasteiger partial charge on any atom is 0.234 e. The zero-order valence-corrected chi connectivity index (χ0v) is 39.0. The standard InChI is InChI=1S/C61H46N8.C2H2/c1-62-57(43-22-9-4-10-23-43)64-58(44-24-11-5-12-25-44)63-42-69-55-34-20-19-33-52(55)53-41-48(36-38-56(53)69)51-32-18-17-31-50(51)47-35-37-54-49(40-47)30-8-2-3-21-39-68(54)61-66-59(45-26-13-6-14-27-45)65-60(67-61)46-28-15-7-16-29-46;1-2/h2-29,31-38,40-41H,1,30,39,42H2;1-2H/b8-2-,21-3-,63-58-,64-57?;. The van der Waals surface area contributed by atoms with Gasteiger partial charge in [0.2, 0.25) is 5.95 Å². The van der Waals surface area contributed by atoms with E-state index in [9.17, 15) is 0 Å². The van der Waals surface area contributed by atoms with E-state index in [1.807, 2.05) is 121 Å². The fourth-order valence-electron chi connectivity index (χ4n) is 9.06. The number of fused-ring (bicyclic) bond motifs is 4. The maximum absolute atomic E-state index is 5.18. The van der Waals surface area contributed by atoms with Crippen LogP contribution in [0.15, 0.2) is 246 Å². The van der Waals surface area contributed by atoms with Crippen LogP contribution in [0.25, 0.3) is 66.8 Å². The SMILES string of the molecule is C#C.C=NC(=N/C(=N\Cn1c2ccccc2c2cc(-c3ccccc3-c3ccc4c(c3)C/C=C\C=C/CN4c3nc(-c4ccccc4)nc(-c4ccccc4)n3)ccc21)c1ccccc1)c1ccccc1. The molecule has 0 radical (unpaired) electrons. The van der Waals surface area contributed by atoms with E-state index in [0.717, 1.165) is 78.4 Å². The summed E-state index contributed by atoms with van der Waals surface area (Å²) < 4.78 is 2.27. The number of aliphatic imine (C=N–C) groups is 3. The third-order valence-electron chi connectivity index (χ3n) is 12.4. The second-order valence-corrected chi connectivity index (χ2v) is 16.7. The van der Waals surface area contributed by atoms with Gasteiger partial charge >= 0.3 is 0 Å². The van der Waals surface area contributed by atoms with E-state index < -0.39 is 0 Å². The first kappa shape index (κ1) is 45.2. The molecule has 0 amide bonds. The average Bonchev–Trinajstić information content (AvgIpc) is 3.81. The molecule has 3 heterocycles. The first-order valence-corrected chi connectivity index (χ1v) is 23.4. The van der Waals surface area contributed by atoms with Gasteiger partial charge in [0.15, 0.2) is 23.3 Å². The smallest absolute Gasteiger partial charge is 0.234 e. The number of aromatic nitrogens is 4. The molecule has 0 fully saturated rings. The van der Waals surface area contributed by atoms with Gasteiger partial charge in [-0.2, -0.15) is 9.97 Å². The van der Waals surface area contributed by atoms with Gasteiger partial charge in [-0.25, -0.2) is 20.0 Å². The van der Waals surface area contributed by atoms with Gasteiger partial charge in [0.1, 0.15) is 6.67 Å². The van der Waals surface area contributed by atoms with Gasteiger partial charge in [-0.15, -0.1) is 12.8 Å². The molecule has 8 nitrogen and oxygen atoms in total. The zero-order chi connectivity index (χ0) is 48.4. The summed E-state index contributed by atoms with van der Waals surface area (Å²) in [5, 5.41) is 2.31. The first-order chi connectivity index (χ1) is 35.2. The Labute approximate surface area is 414 Å². The predicted molar refractivity (Wildman–Crippen MR) is 295 cm³/mol. The third kappa shape index (κ3) is 9.62. The normalized spacial score (nSPS) is 13.5. The van der Waals surface area contributed by atoms with E-state index >= 15 is 0 Å². The highest BCUT2D eigenvalue weighted by molar-refractivity contribution is 6.13. The quantitative estimate of drug-likeness (QED) is 0.0820. The number of rotatable bonds is 9. The van der Waals surface area contributed by atoms with Crippen LogP contribution in [0, 0.1) is 12.8 Å². The van der Waals surface area contributed by atoms with Gasteiger partial charge in [-0.05, 0) is 71.3 Å². The fraction of sp³-hybridized carbons (Fsp3) is 0.0476. The third-order valence-corrected chi connectivity index (χ3v) is 12.4. The Morgan fingerprint density at radius 3 is 1.69 bits per heavy atom. The molecule has 0 saturated carbocycles. The van der Waals surface area contributed by atoms with Gasteiger partial charge in [0.25, 0.3) is 0 Å². The van der Waals surface area contributed by atoms with E-state index in [2.05, 4.69) is 143 Å². The van der Waals surface area contributed by atoms with Crippen molar-refractivity contribution in [2.45, 2.75) is 13.1 Å². The van der Waals surface area contributed by atoms with E-state index in [4.69, 9.17) is 24.9 Å². The Kier molecular flexibility index (Phi) is 13.5.